The highest BCUT2D eigenvalue weighted by Gasteiger charge is 2.52. The minimum atomic E-state index is -0.832. The first kappa shape index (κ1) is 14.1. The van der Waals surface area contributed by atoms with Gasteiger partial charge >= 0.3 is 0 Å². The highest BCUT2D eigenvalue weighted by Crippen LogP contribution is 2.61. The summed E-state index contributed by atoms with van der Waals surface area (Å²) in [5.74, 6) is 0. The van der Waals surface area contributed by atoms with Gasteiger partial charge in [0, 0.05) is 0 Å². The Bertz CT molecular complexity index is 137. The van der Waals surface area contributed by atoms with Gasteiger partial charge in [-0.3, -0.25) is 0 Å². The van der Waals surface area contributed by atoms with E-state index in [-0.39, 0.29) is 6.57 Å². The average molecular weight is 252 g/mol. The zero-order chi connectivity index (χ0) is 11.1. The zero-order valence-electron chi connectivity index (χ0n) is 11.0. The molecule has 0 nitrogen and oxygen atoms in total. The number of hydrogen-bond acceptors (Lipinski definition) is 0. The molecule has 0 unspecified atom stereocenters. The van der Waals surface area contributed by atoms with E-state index >= 15 is 0 Å². The van der Waals surface area contributed by atoms with Crippen LogP contribution in [0.1, 0.15) is 0 Å². The molecule has 0 saturated heterocycles. The fourth-order valence-corrected chi connectivity index (χ4v) is 91.1. The first-order valence-electron chi connectivity index (χ1n) is 5.25. The molecule has 0 aliphatic carbocycles. The second-order valence-corrected chi connectivity index (χ2v) is 43.9. The molecule has 0 N–H and O–H groups in total. The van der Waals surface area contributed by atoms with Gasteiger partial charge in [-0.25, -0.2) is 0 Å². The van der Waals surface area contributed by atoms with Gasteiger partial charge in [-0.1, -0.05) is 0 Å². The molecular formula is C9H28PSi3+. The van der Waals surface area contributed by atoms with Crippen LogP contribution in [0.15, 0.2) is 0 Å². The molecule has 0 radical (unpaired) electrons. The van der Waals surface area contributed by atoms with Crippen molar-refractivity contribution in [1.29, 1.82) is 0 Å². The smallest absolute Gasteiger partial charge is 0.105 e. The van der Waals surface area contributed by atoms with E-state index < -0.39 is 23.2 Å². The standard InChI is InChI=1S/C9H28PSi3/c1-11(2,3)10(12(4,5)6)13(7,8)9/h10H,1-9H3/q+1. The van der Waals surface area contributed by atoms with Gasteiger partial charge in [0.15, 0.2) is 23.2 Å². The summed E-state index contributed by atoms with van der Waals surface area (Å²) < 4.78 is 0. The van der Waals surface area contributed by atoms with Crippen molar-refractivity contribution in [3.05, 3.63) is 0 Å². The third kappa shape index (κ3) is 4.41. The first-order chi connectivity index (χ1) is 5.37. The fourth-order valence-electron chi connectivity index (χ4n) is 3.38. The van der Waals surface area contributed by atoms with Crippen LogP contribution >= 0.6 is 6.57 Å². The first-order valence-corrected chi connectivity index (χ1v) is 20.2. The van der Waals surface area contributed by atoms with Crippen LogP contribution in [0.25, 0.3) is 0 Å². The molecule has 0 aromatic heterocycles. The lowest BCUT2D eigenvalue weighted by molar-refractivity contribution is 1.81. The molecule has 0 aliphatic rings. The van der Waals surface area contributed by atoms with E-state index in [1.165, 1.54) is 0 Å². The summed E-state index contributed by atoms with van der Waals surface area (Å²) in [6, 6.07) is 0. The van der Waals surface area contributed by atoms with E-state index in [9.17, 15) is 0 Å². The Balaban J connectivity index is 5.02. The summed E-state index contributed by atoms with van der Waals surface area (Å²) in [5, 5.41) is 0. The maximum absolute atomic E-state index is 2.61. The Kier molecular flexibility index (Phi) is 4.24. The van der Waals surface area contributed by atoms with Gasteiger partial charge in [0.25, 0.3) is 0 Å². The summed E-state index contributed by atoms with van der Waals surface area (Å²) in [7, 11) is -2.50. The summed E-state index contributed by atoms with van der Waals surface area (Å²) in [6.07, 6.45) is 0. The molecule has 0 fully saturated rings. The monoisotopic (exact) mass is 251 g/mol. The van der Waals surface area contributed by atoms with Gasteiger partial charge in [0.1, 0.15) is 0 Å². The summed E-state index contributed by atoms with van der Waals surface area (Å²) in [5.41, 5.74) is 0. The van der Waals surface area contributed by atoms with Gasteiger partial charge in [-0.05, 0) is 58.9 Å². The summed E-state index contributed by atoms with van der Waals surface area (Å²) in [6.45, 7) is 23.5. The van der Waals surface area contributed by atoms with Crippen LogP contribution in [0.5, 0.6) is 0 Å². The van der Waals surface area contributed by atoms with E-state index in [1.54, 1.807) is 0 Å². The SMILES string of the molecule is C[Si](C)(C)[PH+]([Si](C)(C)C)[Si](C)(C)C. The van der Waals surface area contributed by atoms with Gasteiger partial charge in [0.05, 0.1) is 0 Å². The van der Waals surface area contributed by atoms with E-state index in [0.717, 1.165) is 0 Å². The second kappa shape index (κ2) is 3.92. The van der Waals surface area contributed by atoms with Gasteiger partial charge in [-0.2, -0.15) is 0 Å². The fraction of sp³-hybridized carbons (Fsp3) is 1.00. The van der Waals surface area contributed by atoms with Gasteiger partial charge in [0.2, 0.25) is 0 Å². The van der Waals surface area contributed by atoms with E-state index in [1.807, 2.05) is 0 Å². The molecule has 0 aliphatic heterocycles. The topological polar surface area (TPSA) is 0 Å². The van der Waals surface area contributed by atoms with Crippen LogP contribution in [0.3, 0.4) is 0 Å². The van der Waals surface area contributed by atoms with Crippen LogP contribution in [-0.2, 0) is 0 Å². The third-order valence-corrected chi connectivity index (χ3v) is 60.8. The second-order valence-electron chi connectivity index (χ2n) is 7.12. The van der Waals surface area contributed by atoms with Crippen molar-refractivity contribution in [3.8, 4) is 0 Å². The predicted octanol–water partition coefficient (Wildman–Crippen LogP) is 4.71. The number of hydrogen-bond donors (Lipinski definition) is 0. The van der Waals surface area contributed by atoms with Crippen LogP contribution in [-0.4, -0.2) is 23.2 Å². The van der Waals surface area contributed by atoms with Crippen molar-refractivity contribution in [2.75, 3.05) is 0 Å². The Morgan fingerprint density at radius 1 is 0.462 bits per heavy atom. The normalized spacial score (nSPS) is 15.2. The molecule has 0 atom stereocenters. The van der Waals surface area contributed by atoms with Crippen molar-refractivity contribution >= 4 is 29.8 Å². The Morgan fingerprint density at radius 3 is 0.615 bits per heavy atom. The molecule has 0 aromatic rings. The van der Waals surface area contributed by atoms with Crippen molar-refractivity contribution in [2.45, 2.75) is 58.9 Å². The van der Waals surface area contributed by atoms with Crippen molar-refractivity contribution in [1.82, 2.24) is 0 Å². The summed E-state index contributed by atoms with van der Waals surface area (Å²) in [4.78, 5) is 0. The molecular weight excluding hydrogens is 223 g/mol. The van der Waals surface area contributed by atoms with E-state index in [4.69, 9.17) is 0 Å². The molecule has 0 spiro atoms. The lowest BCUT2D eigenvalue weighted by Gasteiger charge is -2.39. The Labute approximate surface area is 88.9 Å². The molecule has 0 rings (SSSR count). The zero-order valence-corrected chi connectivity index (χ0v) is 15.0. The molecule has 4 heteroatoms. The molecule has 80 valence electrons. The maximum Gasteiger partial charge on any atom is 0.193 e. The van der Waals surface area contributed by atoms with E-state index in [0.29, 0.717) is 0 Å². The molecule has 0 amide bonds. The molecule has 0 bridgehead atoms. The largest absolute Gasteiger partial charge is 0.193 e. The molecule has 0 saturated carbocycles. The van der Waals surface area contributed by atoms with Crippen molar-refractivity contribution < 1.29 is 0 Å². The predicted molar refractivity (Wildman–Crippen MR) is 78.4 cm³/mol. The number of rotatable bonds is 3. The van der Waals surface area contributed by atoms with Gasteiger partial charge in [-0.15, -0.1) is 6.57 Å². The average Bonchev–Trinajstić information content (AvgIpc) is 1.44. The maximum atomic E-state index is 2.61. The Hall–Kier alpha value is 1.08. The Morgan fingerprint density at radius 2 is 0.615 bits per heavy atom. The minimum absolute atomic E-state index is 0.0255. The minimum Gasteiger partial charge on any atom is -0.105 e. The van der Waals surface area contributed by atoms with E-state index in [2.05, 4.69) is 58.9 Å². The molecule has 13 heavy (non-hydrogen) atoms. The summed E-state index contributed by atoms with van der Waals surface area (Å²) >= 11 is 0. The van der Waals surface area contributed by atoms with Crippen molar-refractivity contribution in [3.63, 3.8) is 0 Å². The highest BCUT2D eigenvalue weighted by molar-refractivity contribution is 8.37. The third-order valence-electron chi connectivity index (χ3n) is 2.25. The molecule has 0 heterocycles. The van der Waals surface area contributed by atoms with Crippen LogP contribution in [0.2, 0.25) is 58.9 Å². The lowest BCUT2D eigenvalue weighted by atomic mass is 11.8. The van der Waals surface area contributed by atoms with Crippen molar-refractivity contribution in [2.24, 2.45) is 0 Å². The van der Waals surface area contributed by atoms with Crippen LogP contribution in [0, 0.1) is 0 Å². The lowest BCUT2D eigenvalue weighted by Crippen LogP contribution is -2.43. The quantitative estimate of drug-likeness (QED) is 0.503. The highest BCUT2D eigenvalue weighted by atomic mass is 31.8. The molecule has 0 aromatic carbocycles. The van der Waals surface area contributed by atoms with Crippen LogP contribution in [0.4, 0.5) is 0 Å². The van der Waals surface area contributed by atoms with Gasteiger partial charge < -0.3 is 0 Å². The van der Waals surface area contributed by atoms with Crippen LogP contribution < -0.4 is 0 Å².